The van der Waals surface area contributed by atoms with Crippen molar-refractivity contribution in [3.8, 4) is 11.8 Å². The number of carbonyl (C=O) groups excluding carboxylic acids is 2. The molecule has 46 heavy (non-hydrogen) atoms. The summed E-state index contributed by atoms with van der Waals surface area (Å²) in [5.41, 5.74) is 4.37. The van der Waals surface area contributed by atoms with Crippen LogP contribution in [-0.2, 0) is 21.5 Å². The highest BCUT2D eigenvalue weighted by molar-refractivity contribution is 5.99. The molecule has 9 rings (SSSR count). The Morgan fingerprint density at radius 2 is 1.57 bits per heavy atom. The maximum atomic E-state index is 13.7. The van der Waals surface area contributed by atoms with Gasteiger partial charge in [-0.2, -0.15) is 0 Å². The van der Waals surface area contributed by atoms with Crippen molar-refractivity contribution in [3.05, 3.63) is 75.3 Å². The van der Waals surface area contributed by atoms with E-state index in [-0.39, 0.29) is 24.3 Å². The third-order valence-corrected chi connectivity index (χ3v) is 11.6. The molecule has 1 aromatic heterocycles. The summed E-state index contributed by atoms with van der Waals surface area (Å²) >= 11 is 0. The van der Waals surface area contributed by atoms with Gasteiger partial charge >= 0.3 is 0 Å². The summed E-state index contributed by atoms with van der Waals surface area (Å²) in [7, 11) is 0. The molecule has 0 radical (unpaired) electrons. The van der Waals surface area contributed by atoms with E-state index in [1.54, 1.807) is 18.6 Å². The van der Waals surface area contributed by atoms with Crippen molar-refractivity contribution < 1.29 is 9.59 Å². The quantitative estimate of drug-likeness (QED) is 0.339. The number of amides is 2. The smallest absolute Gasteiger partial charge is 0.263 e. The number of aromatic nitrogens is 2. The molecule has 8 nitrogen and oxygen atoms in total. The minimum Gasteiger partial charge on any atom is -0.297 e. The molecule has 2 amide bonds. The van der Waals surface area contributed by atoms with Gasteiger partial charge in [0, 0.05) is 44.7 Å². The van der Waals surface area contributed by atoms with E-state index in [2.05, 4.69) is 56.2 Å². The normalized spacial score (nSPS) is 29.5. The molecule has 6 aliphatic rings. The van der Waals surface area contributed by atoms with Crippen LogP contribution < -0.4 is 10.9 Å². The second-order valence-electron chi connectivity index (χ2n) is 14.7. The first-order valence-corrected chi connectivity index (χ1v) is 17.2. The second kappa shape index (κ2) is 11.8. The molecule has 3 aromatic rings. The lowest BCUT2D eigenvalue weighted by Gasteiger charge is -2.57. The fourth-order valence-electron chi connectivity index (χ4n) is 9.79. The molecule has 1 N–H and O–H groups in total. The summed E-state index contributed by atoms with van der Waals surface area (Å²) in [6.07, 6.45) is 9.20. The molecule has 4 bridgehead atoms. The number of aryl methyl sites for hydroxylation is 1. The Hall–Kier alpha value is -3.80. The summed E-state index contributed by atoms with van der Waals surface area (Å²) in [4.78, 5) is 47.5. The Morgan fingerprint density at radius 1 is 0.891 bits per heavy atom. The van der Waals surface area contributed by atoms with E-state index in [4.69, 9.17) is 0 Å². The van der Waals surface area contributed by atoms with Crippen molar-refractivity contribution in [2.24, 2.45) is 17.8 Å². The number of carbonyl (C=O) groups is 2. The lowest BCUT2D eigenvalue weighted by Crippen LogP contribution is -2.48. The third kappa shape index (κ3) is 5.48. The Kier molecular flexibility index (Phi) is 7.57. The number of piperidine rings is 1. The topological polar surface area (TPSA) is 87.5 Å². The van der Waals surface area contributed by atoms with Gasteiger partial charge in [0.1, 0.15) is 11.9 Å². The summed E-state index contributed by atoms with van der Waals surface area (Å²) < 4.78 is 1.42. The van der Waals surface area contributed by atoms with Gasteiger partial charge in [-0.05, 0) is 98.3 Å². The van der Waals surface area contributed by atoms with Crippen LogP contribution in [0.25, 0.3) is 10.9 Å². The van der Waals surface area contributed by atoms with Gasteiger partial charge in [-0.25, -0.2) is 4.98 Å². The number of hydrogen-bond acceptors (Lipinski definition) is 6. The van der Waals surface area contributed by atoms with Crippen LogP contribution in [0.3, 0.4) is 0 Å². The van der Waals surface area contributed by atoms with Gasteiger partial charge in [-0.3, -0.25) is 34.1 Å². The molecule has 8 heteroatoms. The highest BCUT2D eigenvalue weighted by atomic mass is 16.2. The van der Waals surface area contributed by atoms with Crippen molar-refractivity contribution in [1.29, 1.82) is 0 Å². The van der Waals surface area contributed by atoms with Gasteiger partial charge < -0.3 is 0 Å². The number of hydrogen-bond donors (Lipinski definition) is 1. The van der Waals surface area contributed by atoms with Crippen molar-refractivity contribution in [1.82, 2.24) is 24.7 Å². The number of nitrogens with one attached hydrogen (secondary N) is 1. The third-order valence-electron chi connectivity index (χ3n) is 11.6. The van der Waals surface area contributed by atoms with Crippen molar-refractivity contribution in [2.75, 3.05) is 32.7 Å². The fourth-order valence-corrected chi connectivity index (χ4v) is 9.79. The van der Waals surface area contributed by atoms with E-state index < -0.39 is 11.9 Å². The largest absolute Gasteiger partial charge is 0.297 e. The van der Waals surface area contributed by atoms with Gasteiger partial charge in [-0.15, -0.1) is 0 Å². The fraction of sp³-hybridized carbons (Fsp3) is 0.526. The molecule has 238 valence electrons. The highest BCUT2D eigenvalue weighted by Gasteiger charge is 2.51. The van der Waals surface area contributed by atoms with Crippen LogP contribution in [0, 0.1) is 36.5 Å². The summed E-state index contributed by atoms with van der Waals surface area (Å²) in [6.45, 7) is 7.27. The first-order valence-electron chi connectivity index (χ1n) is 17.2. The number of piperazine rings is 1. The molecule has 1 unspecified atom stereocenters. The standard InChI is InChI=1S/C38H43N5O3/c1-25-39-32-6-2-4-30(35(32)37(46)43(25)33-11-12-34(44)40-36(33)45)5-3-13-41-14-16-42(17-15-41)24-26-7-9-31(10-8-26)38-21-27-18-28(22-38)20-29(19-27)23-38/h2,4,6-10,27-29,33H,11-24H2,1H3,(H,40,44,45). The monoisotopic (exact) mass is 617 g/mol. The van der Waals surface area contributed by atoms with E-state index in [0.29, 0.717) is 34.3 Å². The molecule has 2 aliphatic heterocycles. The van der Waals surface area contributed by atoms with Crippen LogP contribution in [0.4, 0.5) is 0 Å². The van der Waals surface area contributed by atoms with Crippen LogP contribution in [0.1, 0.15) is 79.9 Å². The Bertz CT molecular complexity index is 1770. The van der Waals surface area contributed by atoms with E-state index in [0.717, 1.165) is 50.5 Å². The van der Waals surface area contributed by atoms with Gasteiger partial charge in [0.05, 0.1) is 17.4 Å². The zero-order valence-corrected chi connectivity index (χ0v) is 26.8. The average Bonchev–Trinajstić information content (AvgIpc) is 3.02. The predicted octanol–water partition coefficient (Wildman–Crippen LogP) is 4.32. The summed E-state index contributed by atoms with van der Waals surface area (Å²) in [5.74, 6) is 9.14. The van der Waals surface area contributed by atoms with Crippen LogP contribution in [0.5, 0.6) is 0 Å². The molecule has 6 fully saturated rings. The molecular formula is C38H43N5O3. The number of rotatable bonds is 5. The maximum Gasteiger partial charge on any atom is 0.263 e. The molecule has 4 aliphatic carbocycles. The van der Waals surface area contributed by atoms with E-state index in [9.17, 15) is 14.4 Å². The second-order valence-corrected chi connectivity index (χ2v) is 14.7. The van der Waals surface area contributed by atoms with Gasteiger partial charge in [-0.1, -0.05) is 42.2 Å². The molecular weight excluding hydrogens is 574 g/mol. The first kappa shape index (κ1) is 29.6. The molecule has 3 heterocycles. The number of fused-ring (bicyclic) bond motifs is 1. The molecule has 2 aromatic carbocycles. The summed E-state index contributed by atoms with van der Waals surface area (Å²) in [6, 6.07) is 14.5. The van der Waals surface area contributed by atoms with E-state index in [1.807, 2.05) is 12.1 Å². The predicted molar refractivity (Wildman–Crippen MR) is 177 cm³/mol. The van der Waals surface area contributed by atoms with E-state index in [1.165, 1.54) is 48.7 Å². The molecule has 0 spiro atoms. The van der Waals surface area contributed by atoms with Gasteiger partial charge in [0.15, 0.2) is 0 Å². The minimum absolute atomic E-state index is 0.197. The maximum absolute atomic E-state index is 13.7. The molecule has 2 saturated heterocycles. The van der Waals surface area contributed by atoms with Crippen molar-refractivity contribution in [2.45, 2.75) is 76.3 Å². The lowest BCUT2D eigenvalue weighted by atomic mass is 9.48. The van der Waals surface area contributed by atoms with E-state index >= 15 is 0 Å². The zero-order valence-electron chi connectivity index (χ0n) is 26.8. The summed E-state index contributed by atoms with van der Waals surface area (Å²) in [5, 5.41) is 2.77. The van der Waals surface area contributed by atoms with Crippen LogP contribution >= 0.6 is 0 Å². The Morgan fingerprint density at radius 3 is 2.24 bits per heavy atom. The minimum atomic E-state index is -0.751. The van der Waals surface area contributed by atoms with Crippen molar-refractivity contribution in [3.63, 3.8) is 0 Å². The lowest BCUT2D eigenvalue weighted by molar-refractivity contribution is -0.135. The first-order chi connectivity index (χ1) is 22.3. The Labute approximate surface area is 270 Å². The SMILES string of the molecule is Cc1nc2cccc(C#CCN3CCN(Cc4ccc(C56CC7CC(CC(C7)C5)C6)cc4)CC3)c2c(=O)n1C1CCC(=O)NC1=O. The highest BCUT2D eigenvalue weighted by Crippen LogP contribution is 2.60. The van der Waals surface area contributed by atoms with Gasteiger partial charge in [0.25, 0.3) is 5.56 Å². The number of imide groups is 1. The Balaban J connectivity index is 0.895. The number of benzene rings is 2. The zero-order chi connectivity index (χ0) is 31.4. The van der Waals surface area contributed by atoms with Crippen LogP contribution in [0.15, 0.2) is 47.3 Å². The van der Waals surface area contributed by atoms with Gasteiger partial charge in [0.2, 0.25) is 11.8 Å². The van der Waals surface area contributed by atoms with Crippen LogP contribution in [0.2, 0.25) is 0 Å². The average molecular weight is 618 g/mol. The molecule has 4 saturated carbocycles. The molecule has 1 atom stereocenters. The van der Waals surface area contributed by atoms with Crippen LogP contribution in [-0.4, -0.2) is 63.9 Å². The van der Waals surface area contributed by atoms with Crippen molar-refractivity contribution >= 4 is 22.7 Å². The number of nitrogens with zero attached hydrogens (tertiary/aromatic N) is 4.